The molecule has 3 N–H and O–H groups in total. The van der Waals surface area contributed by atoms with Crippen molar-refractivity contribution in [2.24, 2.45) is 5.73 Å². The third kappa shape index (κ3) is 4.41. The summed E-state index contributed by atoms with van der Waals surface area (Å²) in [6, 6.07) is 16.1. The molecule has 4 aromatic rings. The van der Waals surface area contributed by atoms with Gasteiger partial charge in [0.1, 0.15) is 0 Å². The number of aromatic nitrogens is 4. The van der Waals surface area contributed by atoms with Crippen LogP contribution in [0.3, 0.4) is 0 Å². The van der Waals surface area contributed by atoms with E-state index in [2.05, 4.69) is 35.0 Å². The Kier molecular flexibility index (Phi) is 6.56. The third-order valence-electron chi connectivity index (χ3n) is 6.58. The SMILES string of the molecule is CCCC(N)c1cccc(-c2cc(N3CCCCC3)c3cnn(-c4cccc(CO)n4)c3c2)n1. The lowest BCUT2D eigenvalue weighted by Gasteiger charge is -2.29. The summed E-state index contributed by atoms with van der Waals surface area (Å²) < 4.78 is 1.86. The number of benzene rings is 1. The van der Waals surface area contributed by atoms with Crippen LogP contribution >= 0.6 is 0 Å². The van der Waals surface area contributed by atoms with Crippen molar-refractivity contribution >= 4 is 16.6 Å². The second kappa shape index (κ2) is 9.91. The van der Waals surface area contributed by atoms with Gasteiger partial charge in [-0.05, 0) is 62.1 Å². The number of nitrogens with zero attached hydrogens (tertiary/aromatic N) is 5. The topological polar surface area (TPSA) is 93.1 Å². The number of pyridine rings is 2. The first-order chi connectivity index (χ1) is 16.7. The van der Waals surface area contributed by atoms with Crippen molar-refractivity contribution in [2.75, 3.05) is 18.0 Å². The Morgan fingerprint density at radius 3 is 2.65 bits per heavy atom. The first kappa shape index (κ1) is 22.5. The minimum Gasteiger partial charge on any atom is -0.390 e. The number of anilines is 1. The largest absolute Gasteiger partial charge is 0.390 e. The van der Waals surface area contributed by atoms with E-state index in [1.54, 1.807) is 0 Å². The highest BCUT2D eigenvalue weighted by atomic mass is 16.3. The van der Waals surface area contributed by atoms with Crippen LogP contribution in [-0.2, 0) is 6.61 Å². The molecule has 0 saturated carbocycles. The first-order valence-corrected chi connectivity index (χ1v) is 12.2. The van der Waals surface area contributed by atoms with Crippen LogP contribution < -0.4 is 10.6 Å². The molecule has 0 radical (unpaired) electrons. The van der Waals surface area contributed by atoms with Gasteiger partial charge in [0.2, 0.25) is 0 Å². The van der Waals surface area contributed by atoms with Crippen molar-refractivity contribution in [3.63, 3.8) is 0 Å². The Morgan fingerprint density at radius 1 is 1.03 bits per heavy atom. The van der Waals surface area contributed by atoms with Gasteiger partial charge < -0.3 is 15.7 Å². The third-order valence-corrected chi connectivity index (χ3v) is 6.58. The fourth-order valence-electron chi connectivity index (χ4n) is 4.79. The summed E-state index contributed by atoms with van der Waals surface area (Å²) in [5, 5.41) is 15.4. The number of aliphatic hydroxyl groups is 1. The van der Waals surface area contributed by atoms with E-state index in [4.69, 9.17) is 15.8 Å². The first-order valence-electron chi connectivity index (χ1n) is 12.2. The number of hydrogen-bond donors (Lipinski definition) is 2. The second-order valence-electron chi connectivity index (χ2n) is 9.02. The highest BCUT2D eigenvalue weighted by Crippen LogP contribution is 2.35. The van der Waals surface area contributed by atoms with E-state index >= 15 is 0 Å². The average Bonchev–Trinajstić information content (AvgIpc) is 3.33. The molecule has 176 valence electrons. The average molecular weight is 457 g/mol. The van der Waals surface area contributed by atoms with Crippen LogP contribution in [0.15, 0.2) is 54.7 Å². The summed E-state index contributed by atoms with van der Waals surface area (Å²) in [5.74, 6) is 0.690. The fourth-order valence-corrected chi connectivity index (χ4v) is 4.79. The van der Waals surface area contributed by atoms with E-state index in [1.165, 1.54) is 24.9 Å². The number of aliphatic hydroxyl groups excluding tert-OH is 1. The number of nitrogens with two attached hydrogens (primary N) is 1. The van der Waals surface area contributed by atoms with Crippen LogP contribution in [0.4, 0.5) is 5.69 Å². The number of hydrogen-bond acceptors (Lipinski definition) is 6. The molecule has 4 heterocycles. The molecule has 1 saturated heterocycles. The maximum Gasteiger partial charge on any atom is 0.154 e. The van der Waals surface area contributed by atoms with Crippen molar-refractivity contribution in [3.05, 3.63) is 66.1 Å². The molecule has 1 aliphatic rings. The quantitative estimate of drug-likeness (QED) is 0.416. The molecule has 1 aliphatic heterocycles. The lowest BCUT2D eigenvalue weighted by Crippen LogP contribution is -2.29. The van der Waals surface area contributed by atoms with Gasteiger partial charge in [0.15, 0.2) is 5.82 Å². The van der Waals surface area contributed by atoms with Crippen molar-refractivity contribution in [3.8, 4) is 17.1 Å². The van der Waals surface area contributed by atoms with Crippen LogP contribution in [0.25, 0.3) is 28.0 Å². The number of fused-ring (bicyclic) bond motifs is 1. The van der Waals surface area contributed by atoms with Gasteiger partial charge in [-0.25, -0.2) is 9.67 Å². The summed E-state index contributed by atoms with van der Waals surface area (Å²) in [4.78, 5) is 12.0. The monoisotopic (exact) mass is 456 g/mol. The molecule has 1 atom stereocenters. The van der Waals surface area contributed by atoms with Gasteiger partial charge in [-0.3, -0.25) is 4.98 Å². The van der Waals surface area contributed by atoms with Crippen LogP contribution in [0.5, 0.6) is 0 Å². The van der Waals surface area contributed by atoms with Crippen molar-refractivity contribution in [1.82, 2.24) is 19.7 Å². The molecule has 1 fully saturated rings. The Morgan fingerprint density at radius 2 is 1.85 bits per heavy atom. The van der Waals surface area contributed by atoms with Gasteiger partial charge in [-0.2, -0.15) is 5.10 Å². The van der Waals surface area contributed by atoms with E-state index < -0.39 is 0 Å². The Balaban J connectivity index is 1.67. The van der Waals surface area contributed by atoms with Gasteiger partial charge in [0.05, 0.1) is 35.4 Å². The van der Waals surface area contributed by atoms with Crippen molar-refractivity contribution in [2.45, 2.75) is 51.7 Å². The van der Waals surface area contributed by atoms with Gasteiger partial charge in [-0.1, -0.05) is 25.5 Å². The Hall–Kier alpha value is -3.29. The molecule has 0 bridgehead atoms. The van der Waals surface area contributed by atoms with Crippen LogP contribution in [0.2, 0.25) is 0 Å². The Bertz CT molecular complexity index is 1280. The fraction of sp³-hybridized carbons (Fsp3) is 0.370. The van der Waals surface area contributed by atoms with Gasteiger partial charge in [0, 0.05) is 35.8 Å². The van der Waals surface area contributed by atoms with E-state index in [1.807, 2.05) is 41.2 Å². The maximum absolute atomic E-state index is 9.57. The smallest absolute Gasteiger partial charge is 0.154 e. The summed E-state index contributed by atoms with van der Waals surface area (Å²) in [5.41, 5.74) is 12.0. The molecule has 0 aliphatic carbocycles. The zero-order chi connectivity index (χ0) is 23.5. The predicted molar refractivity (Wildman–Crippen MR) is 136 cm³/mol. The van der Waals surface area contributed by atoms with Crippen LogP contribution in [-0.4, -0.2) is 37.9 Å². The summed E-state index contributed by atoms with van der Waals surface area (Å²) in [6.07, 6.45) is 7.53. The lowest BCUT2D eigenvalue weighted by molar-refractivity contribution is 0.276. The molecule has 7 heteroatoms. The molecule has 1 aromatic carbocycles. The molecule has 0 amide bonds. The number of rotatable bonds is 7. The van der Waals surface area contributed by atoms with Crippen molar-refractivity contribution in [1.29, 1.82) is 0 Å². The van der Waals surface area contributed by atoms with Crippen molar-refractivity contribution < 1.29 is 5.11 Å². The minimum atomic E-state index is -0.105. The Labute approximate surface area is 200 Å². The van der Waals surface area contributed by atoms with E-state index in [-0.39, 0.29) is 12.6 Å². The van der Waals surface area contributed by atoms with Gasteiger partial charge in [-0.15, -0.1) is 0 Å². The molecule has 0 spiro atoms. The highest BCUT2D eigenvalue weighted by Gasteiger charge is 2.19. The van der Waals surface area contributed by atoms with Gasteiger partial charge in [0.25, 0.3) is 0 Å². The minimum absolute atomic E-state index is 0.0637. The normalized spacial score (nSPS) is 15.1. The zero-order valence-electron chi connectivity index (χ0n) is 19.7. The maximum atomic E-state index is 9.57. The zero-order valence-corrected chi connectivity index (χ0v) is 19.7. The molecule has 7 nitrogen and oxygen atoms in total. The molecule has 1 unspecified atom stereocenters. The number of piperidine rings is 1. The summed E-state index contributed by atoms with van der Waals surface area (Å²) in [6.45, 7) is 4.11. The van der Waals surface area contributed by atoms with Crippen LogP contribution in [0.1, 0.15) is 56.5 Å². The van der Waals surface area contributed by atoms with E-state index in [9.17, 15) is 5.11 Å². The lowest BCUT2D eigenvalue weighted by atomic mass is 10.0. The second-order valence-corrected chi connectivity index (χ2v) is 9.02. The molecule has 5 rings (SSSR count). The standard InChI is InChI=1S/C27H32N6O/c1-2-8-22(28)24-11-7-10-23(31-24)19-15-25(32-13-4-3-5-14-32)21-17-29-33(26(21)16-19)27-12-6-9-20(18-34)30-27/h6-7,9-12,15-17,22,34H,2-5,8,13-14,18,28H2,1H3. The molecule has 34 heavy (non-hydrogen) atoms. The van der Waals surface area contributed by atoms with E-state index in [0.717, 1.165) is 53.8 Å². The molecule has 3 aromatic heterocycles. The summed E-state index contributed by atoms with van der Waals surface area (Å²) >= 11 is 0. The molecular weight excluding hydrogens is 424 g/mol. The molecular formula is C27H32N6O. The summed E-state index contributed by atoms with van der Waals surface area (Å²) in [7, 11) is 0. The highest BCUT2D eigenvalue weighted by molar-refractivity contribution is 5.96. The van der Waals surface area contributed by atoms with Crippen LogP contribution in [0, 0.1) is 0 Å². The van der Waals surface area contributed by atoms with Gasteiger partial charge >= 0.3 is 0 Å². The van der Waals surface area contributed by atoms with E-state index in [0.29, 0.717) is 11.5 Å². The predicted octanol–water partition coefficient (Wildman–Crippen LogP) is 4.77.